The van der Waals surface area contributed by atoms with Gasteiger partial charge in [-0.1, -0.05) is 6.07 Å². The van der Waals surface area contributed by atoms with Gasteiger partial charge in [-0.25, -0.2) is 8.78 Å². The molecule has 1 atom stereocenters. The van der Waals surface area contributed by atoms with Crippen molar-refractivity contribution in [3.63, 3.8) is 0 Å². The van der Waals surface area contributed by atoms with Gasteiger partial charge >= 0.3 is 0 Å². The fraction of sp³-hybridized carbons (Fsp3) is 0.533. The molecule has 20 heavy (non-hydrogen) atoms. The van der Waals surface area contributed by atoms with Gasteiger partial charge in [-0.2, -0.15) is 0 Å². The van der Waals surface area contributed by atoms with E-state index in [1.54, 1.807) is 6.92 Å². The highest BCUT2D eigenvalue weighted by Gasteiger charge is 2.27. The molecule has 1 aliphatic heterocycles. The highest BCUT2D eigenvalue weighted by atomic mass is 19.1. The number of hydrogen-bond donors (Lipinski definition) is 1. The molecule has 1 unspecified atom stereocenters. The lowest BCUT2D eigenvalue weighted by atomic mass is 9.98. The van der Waals surface area contributed by atoms with Gasteiger partial charge in [0.15, 0.2) is 5.78 Å². The fourth-order valence-corrected chi connectivity index (χ4v) is 2.52. The predicted octanol–water partition coefficient (Wildman–Crippen LogP) is 2.38. The van der Waals surface area contributed by atoms with Gasteiger partial charge < -0.3 is 5.11 Å². The van der Waals surface area contributed by atoms with Crippen LogP contribution in [0.15, 0.2) is 18.2 Å². The van der Waals surface area contributed by atoms with Gasteiger partial charge in [0, 0.05) is 6.54 Å². The second-order valence-corrected chi connectivity index (χ2v) is 5.65. The van der Waals surface area contributed by atoms with Crippen molar-refractivity contribution < 1.29 is 18.7 Å². The van der Waals surface area contributed by atoms with Crippen molar-refractivity contribution in [2.75, 3.05) is 19.6 Å². The summed E-state index contributed by atoms with van der Waals surface area (Å²) in [5, 5.41) is 9.98. The summed E-state index contributed by atoms with van der Waals surface area (Å²) in [7, 11) is 0. The first-order valence-corrected chi connectivity index (χ1v) is 6.81. The molecule has 1 heterocycles. The first kappa shape index (κ1) is 15.1. The van der Waals surface area contributed by atoms with Crippen molar-refractivity contribution in [3.05, 3.63) is 35.4 Å². The third-order valence-corrected chi connectivity index (χ3v) is 3.77. The summed E-state index contributed by atoms with van der Waals surface area (Å²) in [6, 6.07) is 3.41. The van der Waals surface area contributed by atoms with Gasteiger partial charge in [0.05, 0.1) is 17.7 Å². The Balaban J connectivity index is 2.05. The van der Waals surface area contributed by atoms with Crippen molar-refractivity contribution in [2.45, 2.75) is 31.8 Å². The SMILES string of the molecule is CC1(O)CCCN(CC(=O)c2c(F)cccc2F)CC1. The zero-order valence-corrected chi connectivity index (χ0v) is 11.5. The van der Waals surface area contributed by atoms with Crippen LogP contribution < -0.4 is 0 Å². The van der Waals surface area contributed by atoms with Crippen molar-refractivity contribution in [3.8, 4) is 0 Å². The van der Waals surface area contributed by atoms with E-state index in [2.05, 4.69) is 0 Å². The second-order valence-electron chi connectivity index (χ2n) is 5.65. The summed E-state index contributed by atoms with van der Waals surface area (Å²) < 4.78 is 27.1. The Labute approximate surface area is 117 Å². The Morgan fingerprint density at radius 3 is 2.60 bits per heavy atom. The van der Waals surface area contributed by atoms with E-state index >= 15 is 0 Å². The molecule has 1 saturated heterocycles. The molecule has 1 N–H and O–H groups in total. The van der Waals surface area contributed by atoms with Crippen LogP contribution in [-0.2, 0) is 0 Å². The minimum absolute atomic E-state index is 0.0199. The summed E-state index contributed by atoms with van der Waals surface area (Å²) in [6.45, 7) is 2.95. The fourth-order valence-electron chi connectivity index (χ4n) is 2.52. The van der Waals surface area contributed by atoms with E-state index < -0.39 is 28.6 Å². The van der Waals surface area contributed by atoms with Gasteiger partial charge in [0.1, 0.15) is 11.6 Å². The smallest absolute Gasteiger partial charge is 0.182 e. The summed E-state index contributed by atoms with van der Waals surface area (Å²) in [5.41, 5.74) is -1.19. The first-order chi connectivity index (χ1) is 9.39. The summed E-state index contributed by atoms with van der Waals surface area (Å²) >= 11 is 0. The third kappa shape index (κ3) is 3.61. The lowest BCUT2D eigenvalue weighted by molar-refractivity contribution is 0.0443. The van der Waals surface area contributed by atoms with Crippen molar-refractivity contribution in [1.82, 2.24) is 4.90 Å². The Hall–Kier alpha value is -1.33. The number of carbonyl (C=O) groups excluding carboxylic acids is 1. The number of aliphatic hydroxyl groups is 1. The highest BCUT2D eigenvalue weighted by molar-refractivity contribution is 5.98. The Morgan fingerprint density at radius 1 is 1.30 bits per heavy atom. The molecule has 1 aromatic rings. The van der Waals surface area contributed by atoms with E-state index in [1.165, 1.54) is 6.07 Å². The van der Waals surface area contributed by atoms with Crippen molar-refractivity contribution in [2.24, 2.45) is 0 Å². The molecule has 0 aromatic heterocycles. The van der Waals surface area contributed by atoms with Gasteiger partial charge in [-0.15, -0.1) is 0 Å². The molecule has 110 valence electrons. The molecule has 1 aliphatic rings. The molecule has 0 aliphatic carbocycles. The summed E-state index contributed by atoms with van der Waals surface area (Å²) in [4.78, 5) is 13.9. The molecule has 1 aromatic carbocycles. The van der Waals surface area contributed by atoms with Crippen molar-refractivity contribution >= 4 is 5.78 Å². The summed E-state index contributed by atoms with van der Waals surface area (Å²) in [5.74, 6) is -2.20. The number of rotatable bonds is 3. The van der Waals surface area contributed by atoms with E-state index in [4.69, 9.17) is 0 Å². The van der Waals surface area contributed by atoms with Crippen LogP contribution in [0.25, 0.3) is 0 Å². The van der Waals surface area contributed by atoms with E-state index in [9.17, 15) is 18.7 Å². The Morgan fingerprint density at radius 2 is 1.95 bits per heavy atom. The molecular weight excluding hydrogens is 264 g/mol. The zero-order valence-electron chi connectivity index (χ0n) is 11.5. The van der Waals surface area contributed by atoms with Crippen LogP contribution in [0.3, 0.4) is 0 Å². The lowest BCUT2D eigenvalue weighted by Gasteiger charge is -2.22. The molecule has 0 amide bonds. The standard InChI is InChI=1S/C15H19F2NO2/c1-15(20)6-3-8-18(9-7-15)10-13(19)14-11(16)4-2-5-12(14)17/h2,4-5,20H,3,6-10H2,1H3. The Kier molecular flexibility index (Phi) is 4.50. The van der Waals surface area contributed by atoms with E-state index in [-0.39, 0.29) is 6.54 Å². The molecule has 0 spiro atoms. The van der Waals surface area contributed by atoms with Crippen LogP contribution in [0.2, 0.25) is 0 Å². The van der Waals surface area contributed by atoms with E-state index in [1.807, 2.05) is 4.90 Å². The molecule has 3 nitrogen and oxygen atoms in total. The molecule has 0 radical (unpaired) electrons. The maximum absolute atomic E-state index is 13.5. The van der Waals surface area contributed by atoms with E-state index in [0.29, 0.717) is 25.9 Å². The first-order valence-electron chi connectivity index (χ1n) is 6.81. The number of halogens is 2. The summed E-state index contributed by atoms with van der Waals surface area (Å²) in [6.07, 6.45) is 1.99. The maximum atomic E-state index is 13.5. The number of benzene rings is 1. The quantitative estimate of drug-likeness (QED) is 0.866. The molecular formula is C15H19F2NO2. The number of likely N-dealkylation sites (tertiary alicyclic amines) is 1. The predicted molar refractivity (Wildman–Crippen MR) is 71.6 cm³/mol. The number of carbonyl (C=O) groups is 1. The number of hydrogen-bond acceptors (Lipinski definition) is 3. The van der Waals surface area contributed by atoms with Crippen molar-refractivity contribution in [1.29, 1.82) is 0 Å². The van der Waals surface area contributed by atoms with Crippen LogP contribution >= 0.6 is 0 Å². The lowest BCUT2D eigenvalue weighted by Crippen LogP contribution is -2.33. The topological polar surface area (TPSA) is 40.5 Å². The molecule has 0 bridgehead atoms. The van der Waals surface area contributed by atoms with Crippen LogP contribution in [0.5, 0.6) is 0 Å². The zero-order chi connectivity index (χ0) is 14.8. The molecule has 5 heteroatoms. The van der Waals surface area contributed by atoms with Gasteiger partial charge in [-0.05, 0) is 44.9 Å². The second kappa shape index (κ2) is 5.97. The highest BCUT2D eigenvalue weighted by Crippen LogP contribution is 2.22. The largest absolute Gasteiger partial charge is 0.390 e. The average Bonchev–Trinajstić information content (AvgIpc) is 2.51. The van der Waals surface area contributed by atoms with Gasteiger partial charge in [0.2, 0.25) is 0 Å². The maximum Gasteiger partial charge on any atom is 0.182 e. The van der Waals surface area contributed by atoms with Crippen LogP contribution in [-0.4, -0.2) is 41.0 Å². The van der Waals surface area contributed by atoms with Crippen LogP contribution in [0.4, 0.5) is 8.78 Å². The van der Waals surface area contributed by atoms with E-state index in [0.717, 1.165) is 18.6 Å². The minimum atomic E-state index is -0.822. The number of ketones is 1. The Bertz CT molecular complexity index is 482. The molecule has 1 fully saturated rings. The minimum Gasteiger partial charge on any atom is -0.390 e. The average molecular weight is 283 g/mol. The number of Topliss-reactive ketones (excluding diaryl/α,β-unsaturated/α-hetero) is 1. The number of nitrogens with zero attached hydrogens (tertiary/aromatic N) is 1. The third-order valence-electron chi connectivity index (χ3n) is 3.77. The monoisotopic (exact) mass is 283 g/mol. The molecule has 0 saturated carbocycles. The van der Waals surface area contributed by atoms with Gasteiger partial charge in [0.25, 0.3) is 0 Å². The molecule has 2 rings (SSSR count). The van der Waals surface area contributed by atoms with Crippen LogP contribution in [0, 0.1) is 11.6 Å². The normalized spacial score (nSPS) is 24.4. The van der Waals surface area contributed by atoms with Crippen LogP contribution in [0.1, 0.15) is 36.5 Å². The van der Waals surface area contributed by atoms with Gasteiger partial charge in [-0.3, -0.25) is 9.69 Å².